The van der Waals surface area contributed by atoms with Crippen molar-refractivity contribution in [2.75, 3.05) is 7.11 Å². The maximum absolute atomic E-state index is 11.4. The quantitative estimate of drug-likeness (QED) is 0.494. The molecule has 6 nitrogen and oxygen atoms in total. The van der Waals surface area contributed by atoms with Gasteiger partial charge in [0.2, 0.25) is 0 Å². The second-order valence-electron chi connectivity index (χ2n) is 4.17. The number of benzene rings is 1. The molecule has 6 heteroatoms. The lowest BCUT2D eigenvalue weighted by atomic mass is 10.2. The Balaban J connectivity index is 2.05. The van der Waals surface area contributed by atoms with Crippen molar-refractivity contribution in [3.63, 3.8) is 0 Å². The molecule has 106 valence electrons. The molecule has 0 spiro atoms. The largest absolute Gasteiger partial charge is 0.497 e. The monoisotopic (exact) mass is 276 g/mol. The van der Waals surface area contributed by atoms with Gasteiger partial charge in [0.1, 0.15) is 23.9 Å². The zero-order valence-electron chi connectivity index (χ0n) is 11.3. The minimum Gasteiger partial charge on any atom is -0.497 e. The Hall–Kier alpha value is -2.47. The van der Waals surface area contributed by atoms with E-state index in [2.05, 4.69) is 0 Å². The Morgan fingerprint density at radius 3 is 2.80 bits per heavy atom. The molecular formula is C14H16N2O4. The van der Waals surface area contributed by atoms with Crippen LogP contribution >= 0.6 is 0 Å². The highest BCUT2D eigenvalue weighted by Crippen LogP contribution is 2.21. The first-order valence-corrected chi connectivity index (χ1v) is 6.01. The maximum Gasteiger partial charge on any atom is 0.301 e. The molecule has 3 N–H and O–H groups in total. The highest BCUT2D eigenvalue weighted by atomic mass is 16.5. The van der Waals surface area contributed by atoms with Gasteiger partial charge >= 0.3 is 5.91 Å². The van der Waals surface area contributed by atoms with Crippen LogP contribution in [0.1, 0.15) is 21.9 Å². The molecule has 1 aromatic carbocycles. The molecule has 1 heterocycles. The fourth-order valence-corrected chi connectivity index (χ4v) is 1.76. The van der Waals surface area contributed by atoms with Gasteiger partial charge in [0.25, 0.3) is 0 Å². The van der Waals surface area contributed by atoms with Crippen LogP contribution in [-0.4, -0.2) is 13.0 Å². The van der Waals surface area contributed by atoms with E-state index in [1.165, 1.54) is 0 Å². The smallest absolute Gasteiger partial charge is 0.301 e. The number of hydrogen-bond donors (Lipinski definition) is 2. The van der Waals surface area contributed by atoms with E-state index in [9.17, 15) is 4.79 Å². The van der Waals surface area contributed by atoms with Gasteiger partial charge in [-0.1, -0.05) is 6.07 Å². The third-order valence-corrected chi connectivity index (χ3v) is 2.73. The van der Waals surface area contributed by atoms with Gasteiger partial charge in [0.05, 0.1) is 7.11 Å². The van der Waals surface area contributed by atoms with Crippen molar-refractivity contribution in [2.45, 2.75) is 13.5 Å². The second-order valence-corrected chi connectivity index (χ2v) is 4.17. The van der Waals surface area contributed by atoms with Gasteiger partial charge in [-0.15, -0.1) is 0 Å². The standard InChI is InChI=1S/C14H16N2O4/c1-9-6-12(20-13(9)14(17)16-15)8-19-11-5-3-4-10(7-11)18-2/h3-7H,8,15H2,1-2H3,(H,16,17). The summed E-state index contributed by atoms with van der Waals surface area (Å²) in [6.45, 7) is 1.98. The second kappa shape index (κ2) is 6.12. The van der Waals surface area contributed by atoms with Crippen LogP contribution in [0.3, 0.4) is 0 Å². The third-order valence-electron chi connectivity index (χ3n) is 2.73. The van der Waals surface area contributed by atoms with E-state index in [0.717, 1.165) is 0 Å². The summed E-state index contributed by atoms with van der Waals surface area (Å²) < 4.78 is 16.1. The highest BCUT2D eigenvalue weighted by molar-refractivity contribution is 5.92. The summed E-state index contributed by atoms with van der Waals surface area (Å²) in [6, 6.07) is 8.97. The highest BCUT2D eigenvalue weighted by Gasteiger charge is 2.14. The lowest BCUT2D eigenvalue weighted by Crippen LogP contribution is -2.30. The van der Waals surface area contributed by atoms with E-state index in [-0.39, 0.29) is 12.4 Å². The lowest BCUT2D eigenvalue weighted by molar-refractivity contribution is 0.0921. The van der Waals surface area contributed by atoms with Crippen molar-refractivity contribution in [1.82, 2.24) is 5.43 Å². The minimum atomic E-state index is -0.463. The molecule has 0 atom stereocenters. The number of methoxy groups -OCH3 is 1. The number of rotatable bonds is 5. The molecular weight excluding hydrogens is 260 g/mol. The minimum absolute atomic E-state index is 0.191. The van der Waals surface area contributed by atoms with Gasteiger partial charge in [0, 0.05) is 11.6 Å². The number of ether oxygens (including phenoxy) is 2. The molecule has 1 aromatic heterocycles. The van der Waals surface area contributed by atoms with E-state index in [1.54, 1.807) is 26.2 Å². The number of furan rings is 1. The summed E-state index contributed by atoms with van der Waals surface area (Å²) in [5.74, 6) is 6.71. The van der Waals surface area contributed by atoms with E-state index in [1.807, 2.05) is 23.6 Å². The van der Waals surface area contributed by atoms with Gasteiger partial charge < -0.3 is 13.9 Å². The molecule has 0 radical (unpaired) electrons. The van der Waals surface area contributed by atoms with Crippen LogP contribution in [0.2, 0.25) is 0 Å². The van der Waals surface area contributed by atoms with Crippen LogP contribution < -0.4 is 20.7 Å². The van der Waals surface area contributed by atoms with Crippen molar-refractivity contribution in [3.05, 3.63) is 47.4 Å². The van der Waals surface area contributed by atoms with Crippen LogP contribution in [0.15, 0.2) is 34.7 Å². The van der Waals surface area contributed by atoms with E-state index in [4.69, 9.17) is 19.7 Å². The average molecular weight is 276 g/mol. The maximum atomic E-state index is 11.4. The van der Waals surface area contributed by atoms with Crippen LogP contribution in [0.4, 0.5) is 0 Å². The zero-order chi connectivity index (χ0) is 14.5. The summed E-state index contributed by atoms with van der Waals surface area (Å²) in [5, 5.41) is 0. The molecule has 20 heavy (non-hydrogen) atoms. The molecule has 0 saturated carbocycles. The lowest BCUT2D eigenvalue weighted by Gasteiger charge is -2.05. The van der Waals surface area contributed by atoms with Crippen LogP contribution in [0.5, 0.6) is 11.5 Å². The summed E-state index contributed by atoms with van der Waals surface area (Å²) >= 11 is 0. The molecule has 0 bridgehead atoms. The number of hydrogen-bond acceptors (Lipinski definition) is 5. The molecule has 0 aliphatic carbocycles. The Kier molecular flexibility index (Phi) is 4.27. The first-order chi connectivity index (χ1) is 9.63. The Labute approximate surface area is 116 Å². The predicted molar refractivity (Wildman–Crippen MR) is 72.4 cm³/mol. The van der Waals surface area contributed by atoms with E-state index in [0.29, 0.717) is 22.8 Å². The number of nitrogen functional groups attached to an aromatic ring is 1. The van der Waals surface area contributed by atoms with Crippen LogP contribution in [0, 0.1) is 6.92 Å². The molecule has 0 fully saturated rings. The first-order valence-electron chi connectivity index (χ1n) is 6.01. The Bertz CT molecular complexity index is 607. The van der Waals surface area contributed by atoms with Crippen LogP contribution in [0.25, 0.3) is 0 Å². The molecule has 0 saturated heterocycles. The summed E-state index contributed by atoms with van der Waals surface area (Å²) in [4.78, 5) is 11.4. The number of aryl methyl sites for hydroxylation is 1. The topological polar surface area (TPSA) is 86.7 Å². The van der Waals surface area contributed by atoms with Crippen LogP contribution in [-0.2, 0) is 6.61 Å². The average Bonchev–Trinajstić information content (AvgIpc) is 2.85. The number of nitrogens with two attached hydrogens (primary N) is 1. The van der Waals surface area contributed by atoms with E-state index >= 15 is 0 Å². The van der Waals surface area contributed by atoms with Gasteiger partial charge in [-0.25, -0.2) is 5.84 Å². The summed E-state index contributed by atoms with van der Waals surface area (Å²) in [5.41, 5.74) is 2.74. The Morgan fingerprint density at radius 2 is 2.10 bits per heavy atom. The van der Waals surface area contributed by atoms with Crippen molar-refractivity contribution in [3.8, 4) is 11.5 Å². The van der Waals surface area contributed by atoms with Gasteiger partial charge in [-0.05, 0) is 25.1 Å². The fraction of sp³-hybridized carbons (Fsp3) is 0.214. The molecule has 0 unspecified atom stereocenters. The SMILES string of the molecule is COc1cccc(OCc2cc(C)c(C(=O)NN)o2)c1. The number of hydrazine groups is 1. The zero-order valence-corrected chi connectivity index (χ0v) is 11.3. The van der Waals surface area contributed by atoms with Crippen molar-refractivity contribution < 1.29 is 18.7 Å². The van der Waals surface area contributed by atoms with Gasteiger partial charge in [0.15, 0.2) is 5.76 Å². The number of carbonyl (C=O) groups is 1. The molecule has 2 rings (SSSR count). The first kappa shape index (κ1) is 14.0. The Morgan fingerprint density at radius 1 is 1.35 bits per heavy atom. The number of nitrogens with one attached hydrogen (secondary N) is 1. The fourth-order valence-electron chi connectivity index (χ4n) is 1.76. The predicted octanol–water partition coefficient (Wildman–Crippen LogP) is 1.78. The molecule has 0 aliphatic heterocycles. The van der Waals surface area contributed by atoms with Gasteiger partial charge in [-0.3, -0.25) is 10.2 Å². The molecule has 0 aliphatic rings. The number of carbonyl (C=O) groups excluding carboxylic acids is 1. The van der Waals surface area contributed by atoms with Crippen molar-refractivity contribution in [2.24, 2.45) is 5.84 Å². The van der Waals surface area contributed by atoms with Crippen molar-refractivity contribution in [1.29, 1.82) is 0 Å². The normalized spacial score (nSPS) is 10.2. The summed E-state index contributed by atoms with van der Waals surface area (Å²) in [6.07, 6.45) is 0. The van der Waals surface area contributed by atoms with E-state index < -0.39 is 5.91 Å². The number of amides is 1. The van der Waals surface area contributed by atoms with Gasteiger partial charge in [-0.2, -0.15) is 0 Å². The summed E-state index contributed by atoms with van der Waals surface area (Å²) in [7, 11) is 1.59. The molecule has 1 amide bonds. The third kappa shape index (κ3) is 3.10. The van der Waals surface area contributed by atoms with Crippen molar-refractivity contribution >= 4 is 5.91 Å². The molecule has 2 aromatic rings.